The third-order valence-corrected chi connectivity index (χ3v) is 9.98. The highest BCUT2D eigenvalue weighted by Crippen LogP contribution is 2.29. The molecule has 0 spiro atoms. The molecule has 2 saturated heterocycles. The van der Waals surface area contributed by atoms with Crippen LogP contribution >= 0.6 is 0 Å². The fourth-order valence-corrected chi connectivity index (χ4v) is 6.81. The Kier molecular flexibility index (Phi) is 17.0. The molecule has 2 rings (SSSR count). The van der Waals surface area contributed by atoms with Crippen molar-refractivity contribution in [3.63, 3.8) is 0 Å². The van der Waals surface area contributed by atoms with Gasteiger partial charge in [-0.25, -0.2) is 0 Å². The number of methoxy groups -OCH3 is 2. The van der Waals surface area contributed by atoms with Crippen LogP contribution in [0.3, 0.4) is 0 Å². The van der Waals surface area contributed by atoms with Crippen LogP contribution in [-0.2, 0) is 33.4 Å². The van der Waals surface area contributed by atoms with Gasteiger partial charge in [0.25, 0.3) is 0 Å². The van der Waals surface area contributed by atoms with E-state index in [-0.39, 0.29) is 54.6 Å². The average Bonchev–Trinajstić information content (AvgIpc) is 3.52. The smallest absolute Gasteiger partial charge is 0.306 e. The van der Waals surface area contributed by atoms with Crippen molar-refractivity contribution in [3.8, 4) is 0 Å². The number of carboxylic acids is 1. The van der Waals surface area contributed by atoms with E-state index < -0.39 is 36.2 Å². The van der Waals surface area contributed by atoms with Crippen LogP contribution in [-0.4, -0.2) is 122 Å². The van der Waals surface area contributed by atoms with Crippen LogP contribution < -0.4 is 16.0 Å². The maximum Gasteiger partial charge on any atom is 0.306 e. The van der Waals surface area contributed by atoms with E-state index in [1.54, 1.807) is 25.9 Å². The molecule has 0 aromatic rings. The SMILES string of the molecule is CCC(C)C(NC(=O)C(C)C(OC)C1CCCN1C(=O)C1CCCCCCCC(NC)C(=O)NCC(=O)N1C)C(CC(=O)O)OC. The van der Waals surface area contributed by atoms with Crippen LogP contribution in [0, 0.1) is 11.8 Å². The van der Waals surface area contributed by atoms with E-state index >= 15 is 0 Å². The Morgan fingerprint density at radius 1 is 1.00 bits per heavy atom. The van der Waals surface area contributed by atoms with Gasteiger partial charge in [-0.2, -0.15) is 0 Å². The minimum absolute atomic E-state index is 0.0391. The number of likely N-dealkylation sites (N-methyl/N-ethyl adjacent to an activating group) is 2. The summed E-state index contributed by atoms with van der Waals surface area (Å²) in [7, 11) is 6.33. The second kappa shape index (κ2) is 19.8. The summed E-state index contributed by atoms with van der Waals surface area (Å²) >= 11 is 0. The van der Waals surface area contributed by atoms with E-state index in [2.05, 4.69) is 16.0 Å². The summed E-state index contributed by atoms with van der Waals surface area (Å²) < 4.78 is 11.4. The molecule has 2 fully saturated rings. The number of carbonyl (C=O) groups is 5. The molecule has 4 N–H and O–H groups in total. The van der Waals surface area contributed by atoms with Gasteiger partial charge in [0.1, 0.15) is 6.04 Å². The number of hydrogen-bond donors (Lipinski definition) is 4. The zero-order valence-corrected chi connectivity index (χ0v) is 29.0. The normalized spacial score (nSPS) is 25.5. The van der Waals surface area contributed by atoms with Gasteiger partial charge in [-0.1, -0.05) is 59.3 Å². The van der Waals surface area contributed by atoms with Gasteiger partial charge >= 0.3 is 5.97 Å². The molecule has 8 unspecified atom stereocenters. The van der Waals surface area contributed by atoms with Gasteiger partial charge in [0.05, 0.1) is 49.2 Å². The van der Waals surface area contributed by atoms with Gasteiger partial charge < -0.3 is 40.3 Å². The van der Waals surface area contributed by atoms with E-state index in [0.29, 0.717) is 32.2 Å². The standard InChI is InChI=1S/C33H59N5O8/c1-8-21(2)29(26(45-6)19-28(40)41)36-31(42)22(3)30(46-7)24-17-14-18-38(24)33(44)25-16-13-11-9-10-12-15-23(34-4)32(43)35-20-27(39)37(25)5/h21-26,29-30,34H,8-20H2,1-7H3,(H,35,43)(H,36,42)(H,40,41). The first-order chi connectivity index (χ1) is 21.9. The number of nitrogens with zero attached hydrogens (tertiary/aromatic N) is 2. The predicted molar refractivity (Wildman–Crippen MR) is 174 cm³/mol. The summed E-state index contributed by atoms with van der Waals surface area (Å²) in [5.74, 6) is -2.76. The topological polar surface area (TPSA) is 167 Å². The van der Waals surface area contributed by atoms with E-state index in [4.69, 9.17) is 9.47 Å². The van der Waals surface area contributed by atoms with Crippen molar-refractivity contribution < 1.29 is 38.6 Å². The van der Waals surface area contributed by atoms with Crippen LogP contribution in [0.4, 0.5) is 0 Å². The lowest BCUT2D eigenvalue weighted by Crippen LogP contribution is -2.57. The molecule has 264 valence electrons. The number of ether oxygens (including phenoxy) is 2. The Hall–Kier alpha value is -2.77. The minimum Gasteiger partial charge on any atom is -0.481 e. The Morgan fingerprint density at radius 2 is 1.65 bits per heavy atom. The van der Waals surface area contributed by atoms with Crippen molar-refractivity contribution in [3.05, 3.63) is 0 Å². The number of carbonyl (C=O) groups excluding carboxylic acids is 4. The summed E-state index contributed by atoms with van der Waals surface area (Å²) in [6, 6.07) is -1.98. The average molecular weight is 654 g/mol. The molecule has 0 radical (unpaired) electrons. The Balaban J connectivity index is 2.25. The van der Waals surface area contributed by atoms with Crippen molar-refractivity contribution >= 4 is 29.6 Å². The first-order valence-electron chi connectivity index (χ1n) is 17.0. The second-order valence-corrected chi connectivity index (χ2v) is 12.9. The highest BCUT2D eigenvalue weighted by Gasteiger charge is 2.43. The van der Waals surface area contributed by atoms with E-state index in [0.717, 1.165) is 38.5 Å². The van der Waals surface area contributed by atoms with Gasteiger partial charge in [-0.15, -0.1) is 0 Å². The molecule has 2 aliphatic heterocycles. The van der Waals surface area contributed by atoms with Gasteiger partial charge in [0.2, 0.25) is 23.6 Å². The number of rotatable bonds is 13. The lowest BCUT2D eigenvalue weighted by molar-refractivity contribution is -0.149. The lowest BCUT2D eigenvalue weighted by Gasteiger charge is -2.38. The fraction of sp³-hybridized carbons (Fsp3) is 0.848. The van der Waals surface area contributed by atoms with Crippen LogP contribution in [0.2, 0.25) is 0 Å². The third kappa shape index (κ3) is 10.9. The van der Waals surface area contributed by atoms with Gasteiger partial charge in [0, 0.05) is 27.8 Å². The first kappa shape index (κ1) is 39.4. The highest BCUT2D eigenvalue weighted by atomic mass is 16.5. The number of carboxylic acid groups (broad SMARTS) is 1. The van der Waals surface area contributed by atoms with Gasteiger partial charge in [-0.3, -0.25) is 24.0 Å². The fourth-order valence-electron chi connectivity index (χ4n) is 6.81. The minimum atomic E-state index is -1.01. The van der Waals surface area contributed by atoms with Crippen LogP contribution in [0.1, 0.15) is 91.4 Å². The maximum absolute atomic E-state index is 14.2. The molecule has 0 bridgehead atoms. The number of hydrogen-bond acceptors (Lipinski definition) is 8. The van der Waals surface area contributed by atoms with E-state index in [9.17, 15) is 29.1 Å². The van der Waals surface area contributed by atoms with Gasteiger partial charge in [0.15, 0.2) is 0 Å². The summed E-state index contributed by atoms with van der Waals surface area (Å²) in [6.07, 6.45) is 6.30. The van der Waals surface area contributed by atoms with Crippen molar-refractivity contribution in [1.82, 2.24) is 25.8 Å². The lowest BCUT2D eigenvalue weighted by atomic mass is 9.90. The molecule has 8 atom stereocenters. The summed E-state index contributed by atoms with van der Waals surface area (Å²) in [6.45, 7) is 5.97. The summed E-state index contributed by atoms with van der Waals surface area (Å²) in [5, 5.41) is 18.2. The Bertz CT molecular complexity index is 1010. The quantitative estimate of drug-likeness (QED) is 0.232. The first-order valence-corrected chi connectivity index (χ1v) is 17.0. The number of nitrogens with one attached hydrogen (secondary N) is 3. The van der Waals surface area contributed by atoms with Crippen molar-refractivity contribution in [2.75, 3.05) is 41.4 Å². The second-order valence-electron chi connectivity index (χ2n) is 12.9. The molecular weight excluding hydrogens is 594 g/mol. The highest BCUT2D eigenvalue weighted by molar-refractivity contribution is 5.91. The number of aliphatic carboxylic acids is 1. The molecule has 46 heavy (non-hydrogen) atoms. The summed E-state index contributed by atoms with van der Waals surface area (Å²) in [5.41, 5.74) is 0. The largest absolute Gasteiger partial charge is 0.481 e. The van der Waals surface area contributed by atoms with E-state index in [1.165, 1.54) is 19.1 Å². The predicted octanol–water partition coefficient (Wildman–Crippen LogP) is 1.92. The van der Waals surface area contributed by atoms with Gasteiger partial charge in [-0.05, 0) is 38.6 Å². The van der Waals surface area contributed by atoms with Crippen molar-refractivity contribution in [2.45, 2.75) is 128 Å². The third-order valence-electron chi connectivity index (χ3n) is 9.98. The maximum atomic E-state index is 14.2. The van der Waals surface area contributed by atoms with Crippen LogP contribution in [0.15, 0.2) is 0 Å². The zero-order valence-electron chi connectivity index (χ0n) is 29.0. The van der Waals surface area contributed by atoms with Crippen LogP contribution in [0.5, 0.6) is 0 Å². The molecule has 0 saturated carbocycles. The number of likely N-dealkylation sites (tertiary alicyclic amines) is 1. The zero-order chi connectivity index (χ0) is 34.4. The molecule has 13 nitrogen and oxygen atoms in total. The molecule has 0 aromatic heterocycles. The number of amides is 4. The van der Waals surface area contributed by atoms with Crippen LogP contribution in [0.25, 0.3) is 0 Å². The monoisotopic (exact) mass is 653 g/mol. The summed E-state index contributed by atoms with van der Waals surface area (Å²) in [4.78, 5) is 68.5. The molecular formula is C33H59N5O8. The van der Waals surface area contributed by atoms with Crippen molar-refractivity contribution in [1.29, 1.82) is 0 Å². The Morgan fingerprint density at radius 3 is 2.24 bits per heavy atom. The molecule has 4 amide bonds. The van der Waals surface area contributed by atoms with Crippen molar-refractivity contribution in [2.24, 2.45) is 11.8 Å². The molecule has 2 heterocycles. The molecule has 13 heteroatoms. The molecule has 0 aliphatic carbocycles. The molecule has 0 aromatic carbocycles. The van der Waals surface area contributed by atoms with E-state index in [1.807, 2.05) is 13.8 Å². The molecule has 2 aliphatic rings. The Labute approximate surface area is 274 Å².